The molecule has 2 N–H and O–H groups in total. The molecule has 0 unspecified atom stereocenters. The molecule has 0 aliphatic carbocycles. The molecule has 0 saturated heterocycles. The van der Waals surface area contributed by atoms with Crippen LogP contribution in [-0.2, 0) is 11.3 Å². The second kappa shape index (κ2) is 7.55. The number of thioether (sulfide) groups is 1. The van der Waals surface area contributed by atoms with E-state index in [2.05, 4.69) is 20.5 Å². The molecule has 0 fully saturated rings. The summed E-state index contributed by atoms with van der Waals surface area (Å²) in [6.07, 6.45) is 1.58. The molecule has 1 aromatic carbocycles. The van der Waals surface area contributed by atoms with Crippen LogP contribution in [-0.4, -0.2) is 26.3 Å². The first-order chi connectivity index (χ1) is 11.6. The summed E-state index contributed by atoms with van der Waals surface area (Å²) in [5, 5.41) is 10.7. The third-order valence-corrected chi connectivity index (χ3v) is 4.46. The SMILES string of the molecule is C[C@@H](Sc1n[nH]c(-c2ccc(Cl)cc2)n1)C(=O)NCc1ccco1. The maximum Gasteiger partial charge on any atom is 0.233 e. The maximum atomic E-state index is 12.1. The van der Waals surface area contributed by atoms with Crippen LogP contribution in [0.2, 0.25) is 5.02 Å². The van der Waals surface area contributed by atoms with Gasteiger partial charge in [-0.05, 0) is 43.3 Å². The van der Waals surface area contributed by atoms with Gasteiger partial charge in [-0.25, -0.2) is 4.98 Å². The van der Waals surface area contributed by atoms with E-state index in [-0.39, 0.29) is 11.2 Å². The predicted octanol–water partition coefficient (Wildman–Crippen LogP) is 3.52. The van der Waals surface area contributed by atoms with E-state index in [9.17, 15) is 4.79 Å². The Hall–Kier alpha value is -2.25. The zero-order chi connectivity index (χ0) is 16.9. The predicted molar refractivity (Wildman–Crippen MR) is 92.7 cm³/mol. The van der Waals surface area contributed by atoms with Gasteiger partial charge in [0.05, 0.1) is 18.1 Å². The van der Waals surface area contributed by atoms with Crippen molar-refractivity contribution in [3.63, 3.8) is 0 Å². The minimum atomic E-state index is -0.325. The van der Waals surface area contributed by atoms with E-state index < -0.39 is 0 Å². The molecule has 0 radical (unpaired) electrons. The Labute approximate surface area is 148 Å². The molecule has 24 heavy (non-hydrogen) atoms. The van der Waals surface area contributed by atoms with E-state index in [0.29, 0.717) is 28.3 Å². The molecule has 2 heterocycles. The van der Waals surface area contributed by atoms with Gasteiger partial charge in [-0.2, -0.15) is 0 Å². The molecule has 1 atom stereocenters. The lowest BCUT2D eigenvalue weighted by molar-refractivity contribution is -0.120. The molecule has 0 spiro atoms. The van der Waals surface area contributed by atoms with Crippen LogP contribution < -0.4 is 5.32 Å². The van der Waals surface area contributed by atoms with E-state index in [1.165, 1.54) is 11.8 Å². The van der Waals surface area contributed by atoms with E-state index in [1.54, 1.807) is 31.4 Å². The number of carbonyl (C=O) groups is 1. The van der Waals surface area contributed by atoms with Crippen LogP contribution in [0.25, 0.3) is 11.4 Å². The lowest BCUT2D eigenvalue weighted by atomic mass is 10.2. The summed E-state index contributed by atoms with van der Waals surface area (Å²) in [6.45, 7) is 2.17. The first-order valence-corrected chi connectivity index (χ1v) is 8.52. The largest absolute Gasteiger partial charge is 0.467 e. The topological polar surface area (TPSA) is 83.8 Å². The van der Waals surface area contributed by atoms with E-state index in [4.69, 9.17) is 16.0 Å². The first kappa shape index (κ1) is 16.6. The molecular formula is C16H15ClN4O2S. The van der Waals surface area contributed by atoms with Crippen LogP contribution in [0.5, 0.6) is 0 Å². The quantitative estimate of drug-likeness (QED) is 0.655. The van der Waals surface area contributed by atoms with Gasteiger partial charge >= 0.3 is 0 Å². The number of nitrogens with zero attached hydrogens (tertiary/aromatic N) is 2. The van der Waals surface area contributed by atoms with Crippen molar-refractivity contribution in [2.45, 2.75) is 23.9 Å². The molecule has 2 aromatic heterocycles. The summed E-state index contributed by atoms with van der Waals surface area (Å²) in [7, 11) is 0. The second-order valence-electron chi connectivity index (χ2n) is 5.03. The number of hydrogen-bond donors (Lipinski definition) is 2. The van der Waals surface area contributed by atoms with Crippen LogP contribution >= 0.6 is 23.4 Å². The second-order valence-corrected chi connectivity index (χ2v) is 6.78. The van der Waals surface area contributed by atoms with Gasteiger partial charge in [0.25, 0.3) is 0 Å². The first-order valence-electron chi connectivity index (χ1n) is 7.27. The van der Waals surface area contributed by atoms with Crippen molar-refractivity contribution in [2.75, 3.05) is 0 Å². The average molecular weight is 363 g/mol. The zero-order valence-corrected chi connectivity index (χ0v) is 14.4. The molecule has 8 heteroatoms. The van der Waals surface area contributed by atoms with Gasteiger partial charge in [-0.15, -0.1) is 5.10 Å². The number of carbonyl (C=O) groups excluding carboxylic acids is 1. The fourth-order valence-corrected chi connectivity index (χ4v) is 2.85. The Morgan fingerprint density at radius 3 is 2.88 bits per heavy atom. The van der Waals surface area contributed by atoms with Gasteiger partial charge in [0.15, 0.2) is 5.82 Å². The van der Waals surface area contributed by atoms with Crippen molar-refractivity contribution in [1.82, 2.24) is 20.5 Å². The highest BCUT2D eigenvalue weighted by Crippen LogP contribution is 2.23. The smallest absolute Gasteiger partial charge is 0.233 e. The van der Waals surface area contributed by atoms with Crippen LogP contribution in [0.15, 0.2) is 52.2 Å². The Kier molecular flexibility index (Phi) is 5.22. The van der Waals surface area contributed by atoms with Gasteiger partial charge in [0, 0.05) is 10.6 Å². The van der Waals surface area contributed by atoms with Crippen molar-refractivity contribution < 1.29 is 9.21 Å². The minimum absolute atomic E-state index is 0.103. The maximum absolute atomic E-state index is 12.1. The number of hydrogen-bond acceptors (Lipinski definition) is 5. The molecule has 3 aromatic rings. The minimum Gasteiger partial charge on any atom is -0.467 e. The molecule has 0 aliphatic heterocycles. The highest BCUT2D eigenvalue weighted by atomic mass is 35.5. The number of halogens is 1. The van der Waals surface area contributed by atoms with Crippen molar-refractivity contribution in [1.29, 1.82) is 0 Å². The number of aromatic amines is 1. The van der Waals surface area contributed by atoms with Gasteiger partial charge in [-0.3, -0.25) is 9.89 Å². The fourth-order valence-electron chi connectivity index (χ4n) is 1.98. The van der Waals surface area contributed by atoms with E-state index >= 15 is 0 Å². The van der Waals surface area contributed by atoms with Crippen molar-refractivity contribution in [3.8, 4) is 11.4 Å². The van der Waals surface area contributed by atoms with E-state index in [1.807, 2.05) is 18.2 Å². The molecule has 0 saturated carbocycles. The zero-order valence-electron chi connectivity index (χ0n) is 12.8. The number of rotatable bonds is 6. The fraction of sp³-hybridized carbons (Fsp3) is 0.188. The standard InChI is InChI=1S/C16H15ClN4O2S/c1-10(15(22)18-9-13-3-2-8-23-13)24-16-19-14(20-21-16)11-4-6-12(17)7-5-11/h2-8,10H,9H2,1H3,(H,18,22)(H,19,20,21)/t10-/m1/s1. The van der Waals surface area contributed by atoms with E-state index in [0.717, 1.165) is 5.56 Å². The summed E-state index contributed by atoms with van der Waals surface area (Å²) in [5.74, 6) is 1.25. The third-order valence-electron chi connectivity index (χ3n) is 3.25. The highest BCUT2D eigenvalue weighted by molar-refractivity contribution is 8.00. The van der Waals surface area contributed by atoms with Crippen LogP contribution in [0.3, 0.4) is 0 Å². The summed E-state index contributed by atoms with van der Waals surface area (Å²) < 4.78 is 5.18. The number of aromatic nitrogens is 3. The molecular weight excluding hydrogens is 348 g/mol. The molecule has 1 amide bonds. The number of benzene rings is 1. The third kappa shape index (κ3) is 4.18. The molecule has 124 valence electrons. The Balaban J connectivity index is 1.57. The Morgan fingerprint density at radius 1 is 1.38 bits per heavy atom. The van der Waals surface area contributed by atoms with Crippen molar-refractivity contribution >= 4 is 29.3 Å². The average Bonchev–Trinajstić information content (AvgIpc) is 3.25. The lowest BCUT2D eigenvalue weighted by Crippen LogP contribution is -2.30. The van der Waals surface area contributed by atoms with Gasteiger partial charge in [0.2, 0.25) is 11.1 Å². The summed E-state index contributed by atoms with van der Waals surface area (Å²) in [4.78, 5) is 16.5. The summed E-state index contributed by atoms with van der Waals surface area (Å²) in [6, 6.07) is 10.9. The van der Waals surface area contributed by atoms with Gasteiger partial charge in [0.1, 0.15) is 5.76 Å². The van der Waals surface area contributed by atoms with Crippen molar-refractivity contribution in [3.05, 3.63) is 53.4 Å². The molecule has 6 nitrogen and oxygen atoms in total. The monoisotopic (exact) mass is 362 g/mol. The highest BCUT2D eigenvalue weighted by Gasteiger charge is 2.17. The van der Waals surface area contributed by atoms with Crippen molar-refractivity contribution in [2.24, 2.45) is 0 Å². The number of amides is 1. The van der Waals surface area contributed by atoms with Gasteiger partial charge in [-0.1, -0.05) is 23.4 Å². The summed E-state index contributed by atoms with van der Waals surface area (Å²) in [5.41, 5.74) is 0.883. The number of nitrogens with one attached hydrogen (secondary N) is 2. The Bertz CT molecular complexity index is 802. The molecule has 0 aliphatic rings. The van der Waals surface area contributed by atoms with Crippen LogP contribution in [0.4, 0.5) is 0 Å². The summed E-state index contributed by atoms with van der Waals surface area (Å²) >= 11 is 7.16. The number of H-pyrrole nitrogens is 1. The van der Waals surface area contributed by atoms with Gasteiger partial charge < -0.3 is 9.73 Å². The number of furan rings is 1. The van der Waals surface area contributed by atoms with Crippen LogP contribution in [0, 0.1) is 0 Å². The normalized spacial score (nSPS) is 12.1. The molecule has 0 bridgehead atoms. The van der Waals surface area contributed by atoms with Crippen LogP contribution in [0.1, 0.15) is 12.7 Å². The lowest BCUT2D eigenvalue weighted by Gasteiger charge is -2.08. The molecule has 3 rings (SSSR count). The Morgan fingerprint density at radius 2 is 2.17 bits per heavy atom.